The number of anilines is 1. The molecule has 0 amide bonds. The highest BCUT2D eigenvalue weighted by molar-refractivity contribution is 6.10. The van der Waals surface area contributed by atoms with E-state index in [0.29, 0.717) is 0 Å². The van der Waals surface area contributed by atoms with E-state index in [-0.39, 0.29) is 17.7 Å². The van der Waals surface area contributed by atoms with Gasteiger partial charge < -0.3 is 5.32 Å². The number of benzene rings is 2. The molecule has 2 unspecified atom stereocenters. The quantitative estimate of drug-likeness (QED) is 0.840. The molecule has 4 rings (SSSR count). The van der Waals surface area contributed by atoms with Crippen LogP contribution in [-0.2, 0) is 0 Å². The number of ketones is 1. The first-order valence-corrected chi connectivity index (χ1v) is 7.18. The van der Waals surface area contributed by atoms with Crippen LogP contribution in [-0.4, -0.2) is 11.8 Å². The van der Waals surface area contributed by atoms with Gasteiger partial charge in [-0.15, -0.1) is 0 Å². The number of fused-ring (bicyclic) bond motifs is 3. The fourth-order valence-corrected chi connectivity index (χ4v) is 3.11. The van der Waals surface area contributed by atoms with Crippen molar-refractivity contribution in [3.63, 3.8) is 0 Å². The summed E-state index contributed by atoms with van der Waals surface area (Å²) in [7, 11) is 0. The lowest BCUT2D eigenvalue weighted by Crippen LogP contribution is -2.20. The largest absolute Gasteiger partial charge is 0.378 e. The Balaban J connectivity index is 1.70. The van der Waals surface area contributed by atoms with Gasteiger partial charge in [0.25, 0.3) is 0 Å². The zero-order chi connectivity index (χ0) is 14.2. The smallest absolute Gasteiger partial charge is 0.192 e. The molecule has 0 bridgehead atoms. The molecular weight excluding hydrogens is 258 g/mol. The maximum atomic E-state index is 12.6. The standard InChI is InChI=1S/C19H15NO/c21-19(13-6-2-1-3-7-13)14-10-11-18-16(12-14)15-8-4-5-9-17(15)20-18/h1-12,16,18,20H. The zero-order valence-corrected chi connectivity index (χ0v) is 11.5. The van der Waals surface area contributed by atoms with Gasteiger partial charge in [-0.05, 0) is 11.6 Å². The molecule has 2 atom stereocenters. The number of nitrogens with one attached hydrogen (secondary N) is 1. The molecule has 2 aromatic rings. The van der Waals surface area contributed by atoms with Gasteiger partial charge in [0.2, 0.25) is 0 Å². The Hall–Kier alpha value is -2.61. The average Bonchev–Trinajstić information content (AvgIpc) is 2.93. The van der Waals surface area contributed by atoms with Gasteiger partial charge in [-0.25, -0.2) is 0 Å². The topological polar surface area (TPSA) is 29.1 Å². The Morgan fingerprint density at radius 1 is 0.952 bits per heavy atom. The van der Waals surface area contributed by atoms with Gasteiger partial charge in [0.1, 0.15) is 0 Å². The van der Waals surface area contributed by atoms with Crippen LogP contribution in [0.5, 0.6) is 0 Å². The summed E-state index contributed by atoms with van der Waals surface area (Å²) in [5, 5.41) is 3.49. The maximum absolute atomic E-state index is 12.6. The predicted octanol–water partition coefficient (Wildman–Crippen LogP) is 3.94. The first-order valence-electron chi connectivity index (χ1n) is 7.18. The summed E-state index contributed by atoms with van der Waals surface area (Å²) in [6.07, 6.45) is 6.13. The second-order valence-corrected chi connectivity index (χ2v) is 5.46. The van der Waals surface area contributed by atoms with Crippen LogP contribution in [0, 0.1) is 0 Å². The van der Waals surface area contributed by atoms with E-state index in [1.165, 1.54) is 11.3 Å². The number of hydrogen-bond donors (Lipinski definition) is 1. The van der Waals surface area contributed by atoms with Crippen molar-refractivity contribution in [2.24, 2.45) is 0 Å². The molecule has 0 aromatic heterocycles. The van der Waals surface area contributed by atoms with Crippen LogP contribution in [0.15, 0.2) is 78.4 Å². The van der Waals surface area contributed by atoms with E-state index in [9.17, 15) is 4.79 Å². The van der Waals surface area contributed by atoms with Crippen LogP contribution in [0.2, 0.25) is 0 Å². The van der Waals surface area contributed by atoms with Crippen molar-refractivity contribution in [1.82, 2.24) is 0 Å². The Morgan fingerprint density at radius 3 is 2.57 bits per heavy atom. The number of rotatable bonds is 2. The molecule has 2 heteroatoms. The molecule has 1 aliphatic carbocycles. The number of carbonyl (C=O) groups excluding carboxylic acids is 1. The van der Waals surface area contributed by atoms with Crippen LogP contribution < -0.4 is 5.32 Å². The van der Waals surface area contributed by atoms with Gasteiger partial charge >= 0.3 is 0 Å². The highest BCUT2D eigenvalue weighted by atomic mass is 16.1. The third kappa shape index (κ3) is 2.00. The Labute approximate surface area is 123 Å². The Kier molecular flexibility index (Phi) is 2.74. The first kappa shape index (κ1) is 12.2. The summed E-state index contributed by atoms with van der Waals surface area (Å²) in [5.74, 6) is 0.337. The van der Waals surface area contributed by atoms with E-state index in [0.717, 1.165) is 11.1 Å². The summed E-state index contributed by atoms with van der Waals surface area (Å²) >= 11 is 0. The van der Waals surface area contributed by atoms with Crippen LogP contribution >= 0.6 is 0 Å². The molecule has 2 nitrogen and oxygen atoms in total. The monoisotopic (exact) mass is 273 g/mol. The Morgan fingerprint density at radius 2 is 1.71 bits per heavy atom. The number of hydrogen-bond acceptors (Lipinski definition) is 2. The number of allylic oxidation sites excluding steroid dienone is 2. The molecule has 102 valence electrons. The third-order valence-corrected chi connectivity index (χ3v) is 4.17. The third-order valence-electron chi connectivity index (χ3n) is 4.17. The van der Waals surface area contributed by atoms with Crippen molar-refractivity contribution in [3.8, 4) is 0 Å². The number of para-hydroxylation sites is 1. The van der Waals surface area contributed by atoms with E-state index in [4.69, 9.17) is 0 Å². The van der Waals surface area contributed by atoms with Gasteiger partial charge in [-0.2, -0.15) is 0 Å². The highest BCUT2D eigenvalue weighted by Crippen LogP contribution is 2.40. The van der Waals surface area contributed by atoms with E-state index in [2.05, 4.69) is 29.6 Å². The lowest BCUT2D eigenvalue weighted by Gasteiger charge is -2.19. The van der Waals surface area contributed by atoms with Gasteiger partial charge in [0.15, 0.2) is 5.78 Å². The summed E-state index contributed by atoms with van der Waals surface area (Å²) in [5.41, 5.74) is 3.96. The fraction of sp³-hybridized carbons (Fsp3) is 0.105. The fourth-order valence-electron chi connectivity index (χ4n) is 3.11. The highest BCUT2D eigenvalue weighted by Gasteiger charge is 2.31. The van der Waals surface area contributed by atoms with E-state index in [1.807, 2.05) is 48.5 Å². The molecule has 2 aliphatic rings. The second kappa shape index (κ2) is 4.74. The van der Waals surface area contributed by atoms with Crippen LogP contribution in [0.1, 0.15) is 21.8 Å². The molecule has 1 N–H and O–H groups in total. The van der Waals surface area contributed by atoms with E-state index >= 15 is 0 Å². The van der Waals surface area contributed by atoms with Crippen molar-refractivity contribution >= 4 is 11.5 Å². The number of Topliss-reactive ketones (excluding diaryl/α,β-unsaturated/α-hetero) is 1. The minimum absolute atomic E-state index is 0.0923. The summed E-state index contributed by atoms with van der Waals surface area (Å²) in [6.45, 7) is 0. The van der Waals surface area contributed by atoms with Gasteiger partial charge in [-0.3, -0.25) is 4.79 Å². The van der Waals surface area contributed by atoms with Crippen molar-refractivity contribution in [1.29, 1.82) is 0 Å². The summed E-state index contributed by atoms with van der Waals surface area (Å²) < 4.78 is 0. The van der Waals surface area contributed by atoms with Crippen LogP contribution in [0.25, 0.3) is 0 Å². The zero-order valence-electron chi connectivity index (χ0n) is 11.5. The molecule has 0 spiro atoms. The molecule has 2 aromatic carbocycles. The van der Waals surface area contributed by atoms with Crippen molar-refractivity contribution in [3.05, 3.63) is 89.5 Å². The van der Waals surface area contributed by atoms with Gasteiger partial charge in [0, 0.05) is 22.7 Å². The Bertz CT molecular complexity index is 758. The maximum Gasteiger partial charge on any atom is 0.192 e. The summed E-state index contributed by atoms with van der Waals surface area (Å²) in [6, 6.07) is 18.0. The normalized spacial score (nSPS) is 22.0. The van der Waals surface area contributed by atoms with Crippen LogP contribution in [0.4, 0.5) is 5.69 Å². The van der Waals surface area contributed by atoms with E-state index < -0.39 is 0 Å². The minimum atomic E-state index is 0.0923. The van der Waals surface area contributed by atoms with Crippen molar-refractivity contribution < 1.29 is 4.79 Å². The summed E-state index contributed by atoms with van der Waals surface area (Å²) in [4.78, 5) is 12.6. The lowest BCUT2D eigenvalue weighted by molar-refractivity contribution is 0.103. The average molecular weight is 273 g/mol. The molecule has 0 fully saturated rings. The molecule has 21 heavy (non-hydrogen) atoms. The number of carbonyl (C=O) groups is 1. The second-order valence-electron chi connectivity index (χ2n) is 5.46. The minimum Gasteiger partial charge on any atom is -0.378 e. The first-order chi connectivity index (χ1) is 10.3. The molecular formula is C19H15NO. The van der Waals surface area contributed by atoms with Gasteiger partial charge in [0.05, 0.1) is 6.04 Å². The molecule has 0 radical (unpaired) electrons. The molecule has 0 saturated heterocycles. The van der Waals surface area contributed by atoms with E-state index in [1.54, 1.807) is 0 Å². The van der Waals surface area contributed by atoms with Crippen molar-refractivity contribution in [2.75, 3.05) is 5.32 Å². The lowest BCUT2D eigenvalue weighted by atomic mass is 9.86. The SMILES string of the molecule is O=C(C1=CC2c3ccccc3NC2C=C1)c1ccccc1. The van der Waals surface area contributed by atoms with Gasteiger partial charge in [-0.1, -0.05) is 66.8 Å². The predicted molar refractivity (Wildman–Crippen MR) is 84.6 cm³/mol. The van der Waals surface area contributed by atoms with Crippen LogP contribution in [0.3, 0.4) is 0 Å². The molecule has 0 saturated carbocycles. The molecule has 1 aliphatic heterocycles. The van der Waals surface area contributed by atoms with Crippen molar-refractivity contribution in [2.45, 2.75) is 12.0 Å². The molecule has 1 heterocycles.